The normalized spacial score (nSPS) is 34.5. The summed E-state index contributed by atoms with van der Waals surface area (Å²) in [4.78, 5) is 53.4. The molecule has 46 heavy (non-hydrogen) atoms. The number of hydrogen-bond acceptors (Lipinski definition) is 10. The lowest BCUT2D eigenvalue weighted by molar-refractivity contribution is -0.346. The van der Waals surface area contributed by atoms with Crippen LogP contribution in [0.3, 0.4) is 0 Å². The summed E-state index contributed by atoms with van der Waals surface area (Å²) in [6.45, 7) is 20.4. The summed E-state index contributed by atoms with van der Waals surface area (Å²) >= 11 is 0. The van der Waals surface area contributed by atoms with Crippen molar-refractivity contribution >= 4 is 23.9 Å². The highest BCUT2D eigenvalue weighted by Gasteiger charge is 2.59. The zero-order chi connectivity index (χ0) is 34.6. The van der Waals surface area contributed by atoms with Gasteiger partial charge in [0.15, 0.2) is 24.6 Å². The summed E-state index contributed by atoms with van der Waals surface area (Å²) in [6, 6.07) is 0. The lowest BCUT2D eigenvalue weighted by Crippen LogP contribution is -2.66. The van der Waals surface area contributed by atoms with Crippen molar-refractivity contribution in [3.8, 4) is 0 Å². The standard InChI is InChI=1S/C36H58O10/c1-32(2,3)28(37)41-19-23-24(43-29(38)33(4,5)6)25(44-30(39)34(7,8)9)26(45-31(40)35(10,11)12)27(42-23)46-36-16-20-13-21(17-36)15-22(14-20)18-36/h20-27H,13-19H2,1-12H3/t20?,21?,22?,23-,24-,25+,26-,27+,36?/m1/s1. The molecule has 1 heterocycles. The molecule has 0 unspecified atom stereocenters. The van der Waals surface area contributed by atoms with Crippen molar-refractivity contribution in [1.29, 1.82) is 0 Å². The van der Waals surface area contributed by atoms with Crippen LogP contribution in [-0.2, 0) is 47.6 Å². The lowest BCUT2D eigenvalue weighted by Gasteiger charge is -2.58. The van der Waals surface area contributed by atoms with Crippen molar-refractivity contribution in [2.24, 2.45) is 39.4 Å². The van der Waals surface area contributed by atoms with Gasteiger partial charge < -0.3 is 28.4 Å². The fourth-order valence-electron chi connectivity index (χ4n) is 7.21. The summed E-state index contributed by atoms with van der Waals surface area (Å²) in [7, 11) is 0. The molecule has 0 radical (unpaired) electrons. The molecular formula is C36H58O10. The van der Waals surface area contributed by atoms with Gasteiger partial charge in [0.1, 0.15) is 12.7 Å². The summed E-state index contributed by atoms with van der Waals surface area (Å²) in [5.74, 6) is -0.495. The first-order valence-electron chi connectivity index (χ1n) is 17.0. The van der Waals surface area contributed by atoms with Crippen LogP contribution in [0.25, 0.3) is 0 Å². The van der Waals surface area contributed by atoms with Crippen molar-refractivity contribution in [3.63, 3.8) is 0 Å². The first-order valence-corrected chi connectivity index (χ1v) is 17.0. The van der Waals surface area contributed by atoms with E-state index >= 15 is 0 Å². The van der Waals surface area contributed by atoms with Crippen LogP contribution in [0.4, 0.5) is 0 Å². The quantitative estimate of drug-likeness (QED) is 0.234. The number of carbonyl (C=O) groups excluding carboxylic acids is 4. The van der Waals surface area contributed by atoms with Crippen molar-refractivity contribution < 1.29 is 47.6 Å². The Balaban J connectivity index is 1.79. The third-order valence-electron chi connectivity index (χ3n) is 9.50. The monoisotopic (exact) mass is 650 g/mol. The largest absolute Gasteiger partial charge is 0.462 e. The fourth-order valence-corrected chi connectivity index (χ4v) is 7.21. The number of ether oxygens (including phenoxy) is 6. The highest BCUT2D eigenvalue weighted by molar-refractivity contribution is 5.78. The van der Waals surface area contributed by atoms with Crippen LogP contribution in [0.1, 0.15) is 122 Å². The zero-order valence-electron chi connectivity index (χ0n) is 30.2. The van der Waals surface area contributed by atoms with E-state index in [4.69, 9.17) is 28.4 Å². The van der Waals surface area contributed by atoms with Gasteiger partial charge in [0.05, 0.1) is 27.3 Å². The van der Waals surface area contributed by atoms with Crippen LogP contribution >= 0.6 is 0 Å². The van der Waals surface area contributed by atoms with Crippen LogP contribution in [0.15, 0.2) is 0 Å². The van der Waals surface area contributed by atoms with Gasteiger partial charge in [-0.25, -0.2) is 0 Å². The maximum absolute atomic E-state index is 13.5. The third-order valence-corrected chi connectivity index (χ3v) is 9.50. The average Bonchev–Trinajstić information content (AvgIpc) is 2.87. The van der Waals surface area contributed by atoms with Crippen molar-refractivity contribution in [3.05, 3.63) is 0 Å². The molecule has 5 fully saturated rings. The van der Waals surface area contributed by atoms with Gasteiger partial charge in [-0.15, -0.1) is 0 Å². The van der Waals surface area contributed by atoms with E-state index < -0.39 is 81.8 Å². The van der Waals surface area contributed by atoms with Gasteiger partial charge in [-0.1, -0.05) is 0 Å². The van der Waals surface area contributed by atoms with Gasteiger partial charge in [0.25, 0.3) is 0 Å². The Morgan fingerprint density at radius 1 is 0.565 bits per heavy atom. The Kier molecular flexibility index (Phi) is 10.1. The van der Waals surface area contributed by atoms with Crippen LogP contribution in [-0.4, -0.2) is 66.8 Å². The number of esters is 4. The van der Waals surface area contributed by atoms with E-state index in [-0.39, 0.29) is 6.61 Å². The summed E-state index contributed by atoms with van der Waals surface area (Å²) in [5, 5.41) is 0. The molecule has 5 aliphatic rings. The molecule has 262 valence electrons. The van der Waals surface area contributed by atoms with Gasteiger partial charge >= 0.3 is 23.9 Å². The first-order chi connectivity index (χ1) is 20.9. The molecule has 4 aliphatic carbocycles. The van der Waals surface area contributed by atoms with Gasteiger partial charge in [0.2, 0.25) is 0 Å². The molecular weight excluding hydrogens is 592 g/mol. The van der Waals surface area contributed by atoms with Crippen molar-refractivity contribution in [2.75, 3.05) is 6.61 Å². The van der Waals surface area contributed by atoms with Gasteiger partial charge in [0, 0.05) is 0 Å². The second kappa shape index (κ2) is 12.7. The molecule has 0 aromatic carbocycles. The number of rotatable bonds is 7. The molecule has 4 saturated carbocycles. The topological polar surface area (TPSA) is 124 Å². The molecule has 0 spiro atoms. The Morgan fingerprint density at radius 3 is 1.33 bits per heavy atom. The molecule has 5 rings (SSSR count). The van der Waals surface area contributed by atoms with Crippen molar-refractivity contribution in [1.82, 2.24) is 0 Å². The minimum atomic E-state index is -1.30. The van der Waals surface area contributed by atoms with Gasteiger partial charge in [-0.2, -0.15) is 0 Å². The van der Waals surface area contributed by atoms with Gasteiger partial charge in [-0.05, 0) is 139 Å². The van der Waals surface area contributed by atoms with Crippen molar-refractivity contribution in [2.45, 2.75) is 158 Å². The Bertz CT molecular complexity index is 1130. The molecule has 0 N–H and O–H groups in total. The second-order valence-electron chi connectivity index (χ2n) is 18.5. The highest BCUT2D eigenvalue weighted by atomic mass is 16.7. The van der Waals surface area contributed by atoms with Crippen LogP contribution in [0, 0.1) is 39.4 Å². The van der Waals surface area contributed by atoms with Crippen LogP contribution < -0.4 is 0 Å². The Labute approximate surface area is 275 Å². The van der Waals surface area contributed by atoms with Crippen LogP contribution in [0.5, 0.6) is 0 Å². The van der Waals surface area contributed by atoms with E-state index in [1.807, 2.05) is 0 Å². The molecule has 0 amide bonds. The van der Waals surface area contributed by atoms with E-state index in [0.717, 1.165) is 19.3 Å². The summed E-state index contributed by atoms with van der Waals surface area (Å²) in [6.07, 6.45) is 0.151. The molecule has 1 aliphatic heterocycles. The lowest BCUT2D eigenvalue weighted by atomic mass is 9.54. The summed E-state index contributed by atoms with van der Waals surface area (Å²) < 4.78 is 37.7. The second-order valence-corrected chi connectivity index (χ2v) is 18.5. The maximum Gasteiger partial charge on any atom is 0.311 e. The smallest absolute Gasteiger partial charge is 0.311 e. The Hall–Kier alpha value is -2.20. The Morgan fingerprint density at radius 2 is 0.935 bits per heavy atom. The molecule has 0 aromatic heterocycles. The predicted octanol–water partition coefficient (Wildman–Crippen LogP) is 6.16. The molecule has 1 saturated heterocycles. The van der Waals surface area contributed by atoms with Crippen LogP contribution in [0.2, 0.25) is 0 Å². The molecule has 0 aromatic rings. The van der Waals surface area contributed by atoms with Gasteiger partial charge in [-0.3, -0.25) is 19.2 Å². The molecule has 10 heteroatoms. The van der Waals surface area contributed by atoms with E-state index in [1.165, 1.54) is 19.3 Å². The first kappa shape index (κ1) is 36.6. The average molecular weight is 651 g/mol. The minimum absolute atomic E-state index is 0.289. The van der Waals surface area contributed by atoms with E-state index in [0.29, 0.717) is 17.8 Å². The molecule has 5 atom stereocenters. The third kappa shape index (κ3) is 8.44. The predicted molar refractivity (Wildman–Crippen MR) is 169 cm³/mol. The number of hydrogen-bond donors (Lipinski definition) is 0. The fraction of sp³-hybridized carbons (Fsp3) is 0.889. The summed E-state index contributed by atoms with van der Waals surface area (Å²) in [5.41, 5.74) is -4.04. The van der Waals surface area contributed by atoms with E-state index in [9.17, 15) is 19.2 Å². The zero-order valence-corrected chi connectivity index (χ0v) is 30.2. The molecule has 4 bridgehead atoms. The minimum Gasteiger partial charge on any atom is -0.462 e. The van der Waals surface area contributed by atoms with E-state index in [2.05, 4.69) is 0 Å². The molecule has 10 nitrogen and oxygen atoms in total. The SMILES string of the molecule is CC(C)(C)C(=O)OC[C@H]1O[C@@H](OC23CC4CC(CC(C4)C2)C3)[C@H](OC(=O)C(C)(C)C)[C@@H](OC(=O)C(C)(C)C)[C@@H]1OC(=O)C(C)(C)C. The highest BCUT2D eigenvalue weighted by Crippen LogP contribution is 2.58. The van der Waals surface area contributed by atoms with E-state index in [1.54, 1.807) is 83.1 Å². The maximum atomic E-state index is 13.5. The number of carbonyl (C=O) groups is 4.